The highest BCUT2D eigenvalue weighted by atomic mass is 15.3. The fraction of sp³-hybridized carbons (Fsp3) is 0.875. The van der Waals surface area contributed by atoms with E-state index in [2.05, 4.69) is 41.7 Å². The van der Waals surface area contributed by atoms with Crippen molar-refractivity contribution in [3.05, 3.63) is 11.8 Å². The molecule has 0 bridgehead atoms. The second kappa shape index (κ2) is 7.30. The minimum absolute atomic E-state index is 0.698. The van der Waals surface area contributed by atoms with Gasteiger partial charge in [-0.25, -0.2) is 0 Å². The minimum Gasteiger partial charge on any atom is -0.371 e. The van der Waals surface area contributed by atoms with E-state index in [4.69, 9.17) is 0 Å². The topological polar surface area (TPSA) is 9.72 Å². The molecule has 2 fully saturated rings. The van der Waals surface area contributed by atoms with Crippen LogP contribution >= 0.6 is 0 Å². The molecular formula is C16H31N3. The molecule has 0 aromatic heterocycles. The minimum atomic E-state index is 0.698. The highest BCUT2D eigenvalue weighted by Crippen LogP contribution is 2.27. The number of nitrogens with zero attached hydrogens (tertiary/aromatic N) is 3. The molecule has 0 aromatic rings. The van der Waals surface area contributed by atoms with Crippen LogP contribution in [-0.2, 0) is 0 Å². The largest absolute Gasteiger partial charge is 0.371 e. The van der Waals surface area contributed by atoms with Crippen LogP contribution in [0.3, 0.4) is 0 Å². The van der Waals surface area contributed by atoms with Crippen molar-refractivity contribution < 1.29 is 0 Å². The van der Waals surface area contributed by atoms with Crippen molar-refractivity contribution in [3.63, 3.8) is 0 Å². The van der Waals surface area contributed by atoms with E-state index < -0.39 is 0 Å². The Kier molecular flexibility index (Phi) is 5.71. The quantitative estimate of drug-likeness (QED) is 0.756. The van der Waals surface area contributed by atoms with Gasteiger partial charge < -0.3 is 9.80 Å². The number of likely N-dealkylation sites (tertiary alicyclic amines) is 1. The predicted molar refractivity (Wildman–Crippen MR) is 82.3 cm³/mol. The van der Waals surface area contributed by atoms with Gasteiger partial charge in [0, 0.05) is 37.9 Å². The molecule has 19 heavy (non-hydrogen) atoms. The zero-order chi connectivity index (χ0) is 13.7. The number of rotatable bonds is 5. The van der Waals surface area contributed by atoms with Crippen LogP contribution in [0.4, 0.5) is 0 Å². The average molecular weight is 265 g/mol. The van der Waals surface area contributed by atoms with Crippen LogP contribution in [0.25, 0.3) is 0 Å². The molecule has 2 saturated heterocycles. The summed E-state index contributed by atoms with van der Waals surface area (Å²) in [5.74, 6) is 0. The zero-order valence-electron chi connectivity index (χ0n) is 13.1. The summed E-state index contributed by atoms with van der Waals surface area (Å²) in [6.45, 7) is 12.0. The van der Waals surface area contributed by atoms with Crippen molar-refractivity contribution in [2.75, 3.05) is 46.3 Å². The first kappa shape index (κ1) is 14.9. The fourth-order valence-corrected chi connectivity index (χ4v) is 3.47. The molecule has 2 aliphatic heterocycles. The summed E-state index contributed by atoms with van der Waals surface area (Å²) >= 11 is 0. The summed E-state index contributed by atoms with van der Waals surface area (Å²) in [5, 5.41) is 0. The van der Waals surface area contributed by atoms with Gasteiger partial charge in [-0.05, 0) is 45.8 Å². The van der Waals surface area contributed by atoms with Crippen molar-refractivity contribution in [1.82, 2.24) is 14.7 Å². The highest BCUT2D eigenvalue weighted by molar-refractivity contribution is 5.13. The van der Waals surface area contributed by atoms with Gasteiger partial charge in [0.2, 0.25) is 0 Å². The fourth-order valence-electron chi connectivity index (χ4n) is 3.47. The first-order chi connectivity index (χ1) is 9.26. The number of likely N-dealkylation sites (N-methyl/N-ethyl adjacent to an activating group) is 1. The molecule has 0 N–H and O–H groups in total. The van der Waals surface area contributed by atoms with E-state index in [0.717, 1.165) is 6.42 Å². The Morgan fingerprint density at radius 3 is 2.47 bits per heavy atom. The van der Waals surface area contributed by atoms with E-state index in [9.17, 15) is 0 Å². The Labute approximate surface area is 119 Å². The van der Waals surface area contributed by atoms with Crippen molar-refractivity contribution in [2.45, 2.75) is 45.6 Å². The number of allylic oxidation sites excluding steroid dienone is 1. The maximum Gasteiger partial charge on any atom is 0.0494 e. The maximum absolute atomic E-state index is 2.71. The van der Waals surface area contributed by atoms with Gasteiger partial charge in [-0.2, -0.15) is 0 Å². The molecule has 2 aliphatic rings. The normalized spacial score (nSPS) is 27.2. The Morgan fingerprint density at radius 2 is 1.84 bits per heavy atom. The monoisotopic (exact) mass is 265 g/mol. The first-order valence-electron chi connectivity index (χ1n) is 8.13. The number of piperazine rings is 1. The molecule has 3 nitrogen and oxygen atoms in total. The van der Waals surface area contributed by atoms with Crippen LogP contribution in [-0.4, -0.2) is 67.1 Å². The lowest BCUT2D eigenvalue weighted by molar-refractivity contribution is 0.156. The molecule has 2 heterocycles. The van der Waals surface area contributed by atoms with Crippen molar-refractivity contribution in [1.29, 1.82) is 0 Å². The van der Waals surface area contributed by atoms with E-state index in [1.165, 1.54) is 58.5 Å². The van der Waals surface area contributed by atoms with Crippen LogP contribution in [0.5, 0.6) is 0 Å². The van der Waals surface area contributed by atoms with Gasteiger partial charge in [0.15, 0.2) is 0 Å². The van der Waals surface area contributed by atoms with Gasteiger partial charge in [-0.3, -0.25) is 4.90 Å². The first-order valence-corrected chi connectivity index (χ1v) is 8.13. The molecule has 0 aliphatic carbocycles. The standard InChI is InChI=1S/C16H31N3/c1-4-7-15(19-13-11-17(3)12-14-19)16-8-6-10-18(16)9-5-2/h7,16H,4-6,8-14H2,1-3H3/b15-7-. The van der Waals surface area contributed by atoms with Gasteiger partial charge in [0.25, 0.3) is 0 Å². The third kappa shape index (κ3) is 3.73. The summed E-state index contributed by atoms with van der Waals surface area (Å²) < 4.78 is 0. The third-order valence-electron chi connectivity index (χ3n) is 4.50. The van der Waals surface area contributed by atoms with E-state index in [1.54, 1.807) is 5.70 Å². The molecule has 3 heteroatoms. The van der Waals surface area contributed by atoms with Crippen molar-refractivity contribution >= 4 is 0 Å². The van der Waals surface area contributed by atoms with Crippen LogP contribution < -0.4 is 0 Å². The highest BCUT2D eigenvalue weighted by Gasteiger charge is 2.30. The lowest BCUT2D eigenvalue weighted by atomic mass is 10.1. The molecule has 0 radical (unpaired) electrons. The van der Waals surface area contributed by atoms with Crippen molar-refractivity contribution in [3.8, 4) is 0 Å². The van der Waals surface area contributed by atoms with Crippen LogP contribution in [0.1, 0.15) is 39.5 Å². The van der Waals surface area contributed by atoms with E-state index >= 15 is 0 Å². The van der Waals surface area contributed by atoms with Gasteiger partial charge in [0.1, 0.15) is 0 Å². The van der Waals surface area contributed by atoms with Crippen LogP contribution in [0.15, 0.2) is 11.8 Å². The number of hydrogen-bond acceptors (Lipinski definition) is 3. The third-order valence-corrected chi connectivity index (χ3v) is 4.50. The second-order valence-electron chi connectivity index (χ2n) is 6.02. The zero-order valence-corrected chi connectivity index (χ0v) is 13.1. The van der Waals surface area contributed by atoms with Crippen LogP contribution in [0.2, 0.25) is 0 Å². The van der Waals surface area contributed by atoms with E-state index in [-0.39, 0.29) is 0 Å². The Morgan fingerprint density at radius 1 is 1.11 bits per heavy atom. The lowest BCUT2D eigenvalue weighted by Crippen LogP contribution is -2.47. The van der Waals surface area contributed by atoms with Gasteiger partial charge in [-0.1, -0.05) is 19.9 Å². The maximum atomic E-state index is 2.71. The molecule has 1 unspecified atom stereocenters. The average Bonchev–Trinajstić information content (AvgIpc) is 2.86. The van der Waals surface area contributed by atoms with Crippen molar-refractivity contribution in [2.24, 2.45) is 0 Å². The summed E-state index contributed by atoms with van der Waals surface area (Å²) in [6.07, 6.45) is 7.67. The predicted octanol–water partition coefficient (Wildman–Crippen LogP) is 2.40. The van der Waals surface area contributed by atoms with Gasteiger partial charge in [0.05, 0.1) is 0 Å². The summed E-state index contributed by atoms with van der Waals surface area (Å²) in [4.78, 5) is 7.81. The summed E-state index contributed by atoms with van der Waals surface area (Å²) in [7, 11) is 2.24. The van der Waals surface area contributed by atoms with E-state index in [1.807, 2.05) is 0 Å². The number of hydrogen-bond donors (Lipinski definition) is 0. The SMILES string of the molecule is CC/C=C(/C1CCCN1CCC)N1CCN(C)CC1. The molecule has 0 aromatic carbocycles. The lowest BCUT2D eigenvalue weighted by Gasteiger charge is -2.40. The summed E-state index contributed by atoms with van der Waals surface area (Å²) in [5.41, 5.74) is 1.63. The van der Waals surface area contributed by atoms with Gasteiger partial charge >= 0.3 is 0 Å². The molecule has 0 saturated carbocycles. The van der Waals surface area contributed by atoms with Gasteiger partial charge in [-0.15, -0.1) is 0 Å². The summed E-state index contributed by atoms with van der Waals surface area (Å²) in [6, 6.07) is 0.698. The van der Waals surface area contributed by atoms with E-state index in [0.29, 0.717) is 6.04 Å². The van der Waals surface area contributed by atoms with Crippen LogP contribution in [0, 0.1) is 0 Å². The second-order valence-corrected chi connectivity index (χ2v) is 6.02. The molecule has 110 valence electrons. The Bertz CT molecular complexity index is 292. The molecule has 1 atom stereocenters. The molecule has 2 rings (SSSR count). The smallest absolute Gasteiger partial charge is 0.0494 e. The Hall–Kier alpha value is -0.540. The molecule has 0 amide bonds. The molecular weight excluding hydrogens is 234 g/mol. The molecule has 0 spiro atoms. The Balaban J connectivity index is 2.05.